The molecule has 0 unspecified atom stereocenters. The first kappa shape index (κ1) is 15.2. The minimum atomic E-state index is -0.194. The molecule has 2 N–H and O–H groups in total. The van der Waals surface area contributed by atoms with Crippen LogP contribution in [0.2, 0.25) is 0 Å². The zero-order valence-corrected chi connectivity index (χ0v) is 12.6. The number of thiophene rings is 1. The van der Waals surface area contributed by atoms with E-state index in [0.29, 0.717) is 23.0 Å². The molecule has 0 fully saturated rings. The van der Waals surface area contributed by atoms with Gasteiger partial charge in [-0.1, -0.05) is 17.0 Å². The molecule has 21 heavy (non-hydrogen) atoms. The second-order valence-electron chi connectivity index (χ2n) is 4.31. The fourth-order valence-corrected chi connectivity index (χ4v) is 2.54. The Bertz CT molecular complexity index is 694. The van der Waals surface area contributed by atoms with Crippen LogP contribution in [0.5, 0.6) is 0 Å². The van der Waals surface area contributed by atoms with Crippen LogP contribution in [0.25, 0.3) is 0 Å². The predicted octanol–water partition coefficient (Wildman–Crippen LogP) is 1.41. The van der Waals surface area contributed by atoms with Crippen LogP contribution < -0.4 is 5.32 Å². The Kier molecular flexibility index (Phi) is 5.09. The Morgan fingerprint density at radius 1 is 1.52 bits per heavy atom. The molecular weight excluding hydrogens is 290 g/mol. The highest BCUT2D eigenvalue weighted by atomic mass is 32.1. The van der Waals surface area contributed by atoms with Crippen molar-refractivity contribution in [3.63, 3.8) is 0 Å². The smallest absolute Gasteiger partial charge is 0.261 e. The van der Waals surface area contributed by atoms with E-state index in [1.807, 2.05) is 6.92 Å². The largest absolute Gasteiger partial charge is 0.395 e. The van der Waals surface area contributed by atoms with Crippen molar-refractivity contribution in [2.24, 2.45) is 0 Å². The average molecular weight is 305 g/mol. The number of aryl methyl sites for hydroxylation is 2. The lowest BCUT2D eigenvalue weighted by Crippen LogP contribution is -2.22. The Morgan fingerprint density at radius 3 is 3.00 bits per heavy atom. The first-order valence-corrected chi connectivity index (χ1v) is 7.19. The molecule has 110 valence electrons. The van der Waals surface area contributed by atoms with E-state index in [0.717, 1.165) is 10.4 Å². The summed E-state index contributed by atoms with van der Waals surface area (Å²) in [5.41, 5.74) is 0.950. The molecule has 2 aromatic heterocycles. The summed E-state index contributed by atoms with van der Waals surface area (Å²) < 4.78 is 4.83. The van der Waals surface area contributed by atoms with Gasteiger partial charge < -0.3 is 14.9 Å². The van der Waals surface area contributed by atoms with Gasteiger partial charge in [0.2, 0.25) is 5.89 Å². The fourth-order valence-electron chi connectivity index (χ4n) is 1.58. The van der Waals surface area contributed by atoms with Gasteiger partial charge in [-0.25, -0.2) is 0 Å². The molecule has 2 heterocycles. The zero-order chi connectivity index (χ0) is 15.2. The van der Waals surface area contributed by atoms with Gasteiger partial charge in [0.15, 0.2) is 5.82 Å². The molecule has 0 aliphatic rings. The maximum Gasteiger partial charge on any atom is 0.261 e. The monoisotopic (exact) mass is 305 g/mol. The van der Waals surface area contributed by atoms with Crippen molar-refractivity contribution in [3.8, 4) is 11.8 Å². The Morgan fingerprint density at radius 2 is 2.33 bits per heavy atom. The molecule has 7 heteroatoms. The number of carbonyl (C=O) groups is 1. The van der Waals surface area contributed by atoms with E-state index in [1.54, 1.807) is 13.0 Å². The van der Waals surface area contributed by atoms with Gasteiger partial charge in [-0.2, -0.15) is 4.98 Å². The number of aromatic nitrogens is 2. The maximum absolute atomic E-state index is 12.0. The van der Waals surface area contributed by atoms with Crippen molar-refractivity contribution in [2.45, 2.75) is 26.8 Å². The molecule has 0 radical (unpaired) electrons. The van der Waals surface area contributed by atoms with E-state index < -0.39 is 0 Å². The van der Waals surface area contributed by atoms with Crippen LogP contribution in [-0.4, -0.2) is 27.8 Å². The van der Waals surface area contributed by atoms with Crippen molar-refractivity contribution >= 4 is 17.2 Å². The van der Waals surface area contributed by atoms with Gasteiger partial charge >= 0.3 is 0 Å². The topological polar surface area (TPSA) is 88.2 Å². The first-order chi connectivity index (χ1) is 10.1. The third-order valence-electron chi connectivity index (χ3n) is 2.56. The lowest BCUT2D eigenvalue weighted by molar-refractivity contribution is 0.0953. The standard InChI is InChI=1S/C14H15N3O3S/c1-9-7-12(21-11(9)5-3-4-6-18)14(19)15-8-13-16-10(2)20-17-13/h7,18H,4,6,8H2,1-2H3,(H,15,19). The van der Waals surface area contributed by atoms with Gasteiger partial charge in [0, 0.05) is 13.3 Å². The van der Waals surface area contributed by atoms with E-state index in [1.165, 1.54) is 11.3 Å². The number of rotatable bonds is 4. The van der Waals surface area contributed by atoms with E-state index in [-0.39, 0.29) is 19.1 Å². The van der Waals surface area contributed by atoms with Crippen LogP contribution in [0, 0.1) is 25.7 Å². The van der Waals surface area contributed by atoms with Gasteiger partial charge in [0.25, 0.3) is 5.91 Å². The molecule has 6 nitrogen and oxygen atoms in total. The van der Waals surface area contributed by atoms with Gasteiger partial charge in [-0.3, -0.25) is 4.79 Å². The van der Waals surface area contributed by atoms with Gasteiger partial charge in [-0.15, -0.1) is 11.3 Å². The fraction of sp³-hybridized carbons (Fsp3) is 0.357. The molecule has 0 aromatic carbocycles. The molecule has 0 saturated carbocycles. The first-order valence-electron chi connectivity index (χ1n) is 6.37. The molecule has 1 amide bonds. The van der Waals surface area contributed by atoms with Crippen LogP contribution in [0.1, 0.15) is 38.2 Å². The summed E-state index contributed by atoms with van der Waals surface area (Å²) in [5, 5.41) is 15.1. The molecule has 0 aliphatic heterocycles. The zero-order valence-electron chi connectivity index (χ0n) is 11.8. The van der Waals surface area contributed by atoms with Crippen molar-refractivity contribution < 1.29 is 14.4 Å². The molecule has 0 saturated heterocycles. The number of nitrogens with one attached hydrogen (secondary N) is 1. The third-order valence-corrected chi connectivity index (χ3v) is 3.71. The van der Waals surface area contributed by atoms with Crippen molar-refractivity contribution in [3.05, 3.63) is 33.1 Å². The van der Waals surface area contributed by atoms with Crippen LogP contribution >= 0.6 is 11.3 Å². The maximum atomic E-state index is 12.0. The van der Waals surface area contributed by atoms with Gasteiger partial charge in [-0.05, 0) is 18.6 Å². The van der Waals surface area contributed by atoms with E-state index in [4.69, 9.17) is 9.63 Å². The van der Waals surface area contributed by atoms with Gasteiger partial charge in [0.1, 0.15) is 0 Å². The number of amides is 1. The lowest BCUT2D eigenvalue weighted by Gasteiger charge is -1.98. The number of hydrogen-bond acceptors (Lipinski definition) is 6. The quantitative estimate of drug-likeness (QED) is 0.834. The molecule has 2 aromatic rings. The second-order valence-corrected chi connectivity index (χ2v) is 5.36. The van der Waals surface area contributed by atoms with Gasteiger partial charge in [0.05, 0.1) is 22.9 Å². The molecule has 0 aliphatic carbocycles. The molecule has 2 rings (SSSR count). The van der Waals surface area contributed by atoms with E-state index >= 15 is 0 Å². The Balaban J connectivity index is 2.00. The molecule has 0 spiro atoms. The lowest BCUT2D eigenvalue weighted by atomic mass is 10.2. The molecule has 0 atom stereocenters. The Hall–Kier alpha value is -2.17. The number of carbonyl (C=O) groups excluding carboxylic acids is 1. The SMILES string of the molecule is Cc1nc(CNC(=O)c2cc(C)c(C#CCCO)s2)no1. The molecule has 0 bridgehead atoms. The third kappa shape index (κ3) is 4.15. The molecular formula is C14H15N3O3S. The van der Waals surface area contributed by atoms with Crippen LogP contribution in [0.4, 0.5) is 0 Å². The highest BCUT2D eigenvalue weighted by Gasteiger charge is 2.12. The van der Waals surface area contributed by atoms with E-state index in [9.17, 15) is 4.79 Å². The Labute approximate surface area is 126 Å². The number of aliphatic hydroxyl groups is 1. The normalized spacial score (nSPS) is 10.0. The summed E-state index contributed by atoms with van der Waals surface area (Å²) >= 11 is 1.33. The van der Waals surface area contributed by atoms with Crippen LogP contribution in [0.15, 0.2) is 10.6 Å². The summed E-state index contributed by atoms with van der Waals surface area (Å²) in [5.74, 6) is 6.52. The highest BCUT2D eigenvalue weighted by Crippen LogP contribution is 2.20. The summed E-state index contributed by atoms with van der Waals surface area (Å²) in [6.45, 7) is 3.85. The summed E-state index contributed by atoms with van der Waals surface area (Å²) in [6, 6.07) is 1.80. The minimum absolute atomic E-state index is 0.0366. The van der Waals surface area contributed by atoms with Crippen LogP contribution in [-0.2, 0) is 6.54 Å². The van der Waals surface area contributed by atoms with Crippen LogP contribution in [0.3, 0.4) is 0 Å². The van der Waals surface area contributed by atoms with Crippen molar-refractivity contribution in [2.75, 3.05) is 6.61 Å². The van der Waals surface area contributed by atoms with Crippen molar-refractivity contribution in [1.82, 2.24) is 15.5 Å². The summed E-state index contributed by atoms with van der Waals surface area (Å²) in [4.78, 5) is 17.5. The van der Waals surface area contributed by atoms with Crippen molar-refractivity contribution in [1.29, 1.82) is 0 Å². The number of nitrogens with zero attached hydrogens (tertiary/aromatic N) is 2. The van der Waals surface area contributed by atoms with E-state index in [2.05, 4.69) is 27.3 Å². The summed E-state index contributed by atoms with van der Waals surface area (Å²) in [7, 11) is 0. The minimum Gasteiger partial charge on any atom is -0.395 e. The predicted molar refractivity (Wildman–Crippen MR) is 77.8 cm³/mol. The highest BCUT2D eigenvalue weighted by molar-refractivity contribution is 7.14. The average Bonchev–Trinajstić information content (AvgIpc) is 3.03. The second kappa shape index (κ2) is 7.02. The summed E-state index contributed by atoms with van der Waals surface area (Å²) in [6.07, 6.45) is 0.427. The number of aliphatic hydroxyl groups excluding tert-OH is 1. The number of hydrogen-bond donors (Lipinski definition) is 2.